The second kappa shape index (κ2) is 7.04. The lowest BCUT2D eigenvalue weighted by atomic mass is 9.82. The van der Waals surface area contributed by atoms with Gasteiger partial charge in [0, 0.05) is 36.7 Å². The summed E-state index contributed by atoms with van der Waals surface area (Å²) in [6.45, 7) is 0.710. The highest BCUT2D eigenvalue weighted by Gasteiger charge is 2.21. The first-order valence-electron chi connectivity index (χ1n) is 8.90. The Hall–Kier alpha value is -3.08. The number of fused-ring (bicyclic) bond motifs is 1. The van der Waals surface area contributed by atoms with Gasteiger partial charge in [0.25, 0.3) is 0 Å². The van der Waals surface area contributed by atoms with Crippen molar-refractivity contribution in [2.24, 2.45) is 0 Å². The van der Waals surface area contributed by atoms with Crippen LogP contribution in [0.1, 0.15) is 40.2 Å². The van der Waals surface area contributed by atoms with Gasteiger partial charge < -0.3 is 15.0 Å². The summed E-state index contributed by atoms with van der Waals surface area (Å²) in [6, 6.07) is 12.2. The first kappa shape index (κ1) is 16.4. The number of aromatic nitrogens is 2. The Balaban J connectivity index is 1.54. The van der Waals surface area contributed by atoms with Crippen molar-refractivity contribution in [2.75, 3.05) is 11.9 Å². The van der Waals surface area contributed by atoms with E-state index >= 15 is 0 Å². The molecular weight excluding hydrogens is 326 g/mol. The second-order valence-electron chi connectivity index (χ2n) is 6.67. The number of anilines is 1. The molecule has 0 bridgehead atoms. The highest BCUT2D eigenvalue weighted by molar-refractivity contribution is 5.93. The van der Waals surface area contributed by atoms with Crippen LogP contribution in [0.3, 0.4) is 0 Å². The lowest BCUT2D eigenvalue weighted by Gasteiger charge is -2.27. The number of pyridine rings is 1. The zero-order valence-corrected chi connectivity index (χ0v) is 14.4. The van der Waals surface area contributed by atoms with E-state index < -0.39 is 5.97 Å². The molecule has 0 amide bonds. The minimum atomic E-state index is -0.935. The molecule has 2 N–H and O–H groups in total. The van der Waals surface area contributed by atoms with Crippen LogP contribution in [-0.4, -0.2) is 27.2 Å². The van der Waals surface area contributed by atoms with Crippen molar-refractivity contribution in [3.05, 3.63) is 77.9 Å². The number of hydrogen-bond donors (Lipinski definition) is 2. The molecule has 132 valence electrons. The smallest absolute Gasteiger partial charge is 0.337 e. The summed E-state index contributed by atoms with van der Waals surface area (Å²) < 4.78 is 2.12. The van der Waals surface area contributed by atoms with E-state index in [1.165, 1.54) is 29.1 Å². The maximum Gasteiger partial charge on any atom is 0.337 e. The van der Waals surface area contributed by atoms with Crippen LogP contribution < -0.4 is 5.32 Å². The predicted octanol–water partition coefficient (Wildman–Crippen LogP) is 4.10. The molecule has 3 aromatic rings. The van der Waals surface area contributed by atoms with E-state index in [1.54, 1.807) is 6.20 Å². The van der Waals surface area contributed by atoms with Crippen LogP contribution in [0.2, 0.25) is 0 Å². The van der Waals surface area contributed by atoms with Gasteiger partial charge in [-0.1, -0.05) is 6.07 Å². The number of carboxylic acids is 1. The van der Waals surface area contributed by atoms with Crippen LogP contribution in [0, 0.1) is 0 Å². The molecule has 1 aromatic carbocycles. The molecule has 0 unspecified atom stereocenters. The average molecular weight is 347 g/mol. The number of rotatable bonds is 5. The summed E-state index contributed by atoms with van der Waals surface area (Å²) in [5, 5.41) is 12.6. The summed E-state index contributed by atoms with van der Waals surface area (Å²) in [5.41, 5.74) is 4.78. The number of nitrogens with one attached hydrogen (secondary N) is 1. The SMILES string of the molecule is O=C(O)c1ccncc1NC[C@@H]1CCCc2cc(-n3cccc3)ccc21. The van der Waals surface area contributed by atoms with Crippen LogP contribution >= 0.6 is 0 Å². The monoisotopic (exact) mass is 347 g/mol. The Morgan fingerprint density at radius 2 is 2.12 bits per heavy atom. The van der Waals surface area contributed by atoms with Crippen LogP contribution in [-0.2, 0) is 6.42 Å². The largest absolute Gasteiger partial charge is 0.478 e. The molecule has 26 heavy (non-hydrogen) atoms. The first-order chi connectivity index (χ1) is 12.7. The third-order valence-electron chi connectivity index (χ3n) is 5.06. The third-order valence-corrected chi connectivity index (χ3v) is 5.06. The summed E-state index contributed by atoms with van der Waals surface area (Å²) in [7, 11) is 0. The molecule has 0 saturated carbocycles. The number of hydrogen-bond acceptors (Lipinski definition) is 3. The van der Waals surface area contributed by atoms with Gasteiger partial charge in [0.15, 0.2) is 0 Å². The Labute approximate surface area is 152 Å². The van der Waals surface area contributed by atoms with E-state index in [1.807, 2.05) is 12.1 Å². The van der Waals surface area contributed by atoms with Gasteiger partial charge in [0.05, 0.1) is 17.4 Å². The summed E-state index contributed by atoms with van der Waals surface area (Å²) in [4.78, 5) is 15.4. The number of aromatic carboxylic acids is 1. The van der Waals surface area contributed by atoms with Gasteiger partial charge >= 0.3 is 5.97 Å². The van der Waals surface area contributed by atoms with Gasteiger partial charge in [0.1, 0.15) is 0 Å². The quantitative estimate of drug-likeness (QED) is 0.729. The maximum absolute atomic E-state index is 11.4. The van der Waals surface area contributed by atoms with Gasteiger partial charge in [-0.25, -0.2) is 4.79 Å². The molecule has 2 aromatic heterocycles. The van der Waals surface area contributed by atoms with E-state index in [2.05, 4.69) is 45.5 Å². The third kappa shape index (κ3) is 3.20. The van der Waals surface area contributed by atoms with Gasteiger partial charge in [-0.3, -0.25) is 4.98 Å². The molecule has 5 heteroatoms. The van der Waals surface area contributed by atoms with Gasteiger partial charge in [-0.15, -0.1) is 0 Å². The van der Waals surface area contributed by atoms with Gasteiger partial charge in [-0.2, -0.15) is 0 Å². The van der Waals surface area contributed by atoms with Crippen molar-refractivity contribution in [2.45, 2.75) is 25.2 Å². The number of benzene rings is 1. The molecule has 0 spiro atoms. The lowest BCUT2D eigenvalue weighted by molar-refractivity contribution is 0.0698. The Morgan fingerprint density at radius 3 is 2.92 bits per heavy atom. The molecule has 0 fully saturated rings. The molecule has 1 aliphatic rings. The van der Waals surface area contributed by atoms with Gasteiger partial charge in [0.2, 0.25) is 0 Å². The van der Waals surface area contributed by atoms with Crippen LogP contribution in [0.25, 0.3) is 5.69 Å². The normalized spacial score (nSPS) is 16.1. The Bertz CT molecular complexity index is 919. The molecule has 4 rings (SSSR count). The highest BCUT2D eigenvalue weighted by Crippen LogP contribution is 2.33. The fraction of sp³-hybridized carbons (Fsp3) is 0.238. The molecule has 1 aliphatic carbocycles. The van der Waals surface area contributed by atoms with Crippen molar-refractivity contribution < 1.29 is 9.90 Å². The molecule has 5 nitrogen and oxygen atoms in total. The molecule has 0 radical (unpaired) electrons. The number of nitrogens with zero attached hydrogens (tertiary/aromatic N) is 2. The van der Waals surface area contributed by atoms with E-state index in [0.717, 1.165) is 19.3 Å². The van der Waals surface area contributed by atoms with Crippen LogP contribution in [0.15, 0.2) is 61.2 Å². The topological polar surface area (TPSA) is 67.2 Å². The minimum absolute atomic E-state index is 0.263. The molecule has 1 atom stereocenters. The minimum Gasteiger partial charge on any atom is -0.478 e. The summed E-state index contributed by atoms with van der Waals surface area (Å²) in [6.07, 6.45) is 10.5. The molecular formula is C21H21N3O2. The number of aryl methyl sites for hydroxylation is 1. The Kier molecular flexibility index (Phi) is 4.44. The molecule has 0 saturated heterocycles. The highest BCUT2D eigenvalue weighted by atomic mass is 16.4. The summed E-state index contributed by atoms with van der Waals surface area (Å²) >= 11 is 0. The van der Waals surface area contributed by atoms with E-state index in [9.17, 15) is 9.90 Å². The lowest BCUT2D eigenvalue weighted by Crippen LogP contribution is -2.19. The van der Waals surface area contributed by atoms with Crippen molar-refractivity contribution in [3.63, 3.8) is 0 Å². The Morgan fingerprint density at radius 1 is 1.27 bits per heavy atom. The first-order valence-corrected chi connectivity index (χ1v) is 8.90. The fourth-order valence-electron chi connectivity index (χ4n) is 3.74. The number of carboxylic acid groups (broad SMARTS) is 1. The number of carbonyl (C=O) groups is 1. The van der Waals surface area contributed by atoms with Gasteiger partial charge in [-0.05, 0) is 60.7 Å². The molecule has 0 aliphatic heterocycles. The zero-order valence-electron chi connectivity index (χ0n) is 14.4. The van der Waals surface area contributed by atoms with E-state index in [0.29, 0.717) is 18.2 Å². The maximum atomic E-state index is 11.4. The van der Waals surface area contributed by atoms with Crippen molar-refractivity contribution in [1.82, 2.24) is 9.55 Å². The predicted molar refractivity (Wildman–Crippen MR) is 101 cm³/mol. The molecule has 2 heterocycles. The van der Waals surface area contributed by atoms with Crippen molar-refractivity contribution in [1.29, 1.82) is 0 Å². The summed E-state index contributed by atoms with van der Waals surface area (Å²) in [5.74, 6) is -0.561. The van der Waals surface area contributed by atoms with Crippen LogP contribution in [0.4, 0.5) is 5.69 Å². The van der Waals surface area contributed by atoms with Crippen molar-refractivity contribution in [3.8, 4) is 5.69 Å². The van der Waals surface area contributed by atoms with E-state index in [-0.39, 0.29) is 5.56 Å². The average Bonchev–Trinajstić information content (AvgIpc) is 3.21. The van der Waals surface area contributed by atoms with E-state index in [4.69, 9.17) is 0 Å². The zero-order chi connectivity index (χ0) is 17.9. The van der Waals surface area contributed by atoms with Crippen LogP contribution in [0.5, 0.6) is 0 Å². The fourth-order valence-corrected chi connectivity index (χ4v) is 3.74. The standard InChI is InChI=1S/C21H21N3O2/c25-21(26)19-8-9-22-14-20(19)23-13-16-5-3-4-15-12-17(6-7-18(15)16)24-10-1-2-11-24/h1-2,6-12,14,16,23H,3-5,13H2,(H,25,26)/t16-/m0/s1. The van der Waals surface area contributed by atoms with Crippen molar-refractivity contribution >= 4 is 11.7 Å². The second-order valence-corrected chi connectivity index (χ2v) is 6.67.